The summed E-state index contributed by atoms with van der Waals surface area (Å²) in [7, 11) is 0. The maximum atomic E-state index is 9.36. The minimum Gasteiger partial charge on any atom is -0.383 e. The van der Waals surface area contributed by atoms with Crippen molar-refractivity contribution < 1.29 is 0 Å². The van der Waals surface area contributed by atoms with Crippen LogP contribution in [0, 0.1) is 11.3 Å². The van der Waals surface area contributed by atoms with Gasteiger partial charge in [-0.2, -0.15) is 10.4 Å². The molecule has 0 unspecified atom stereocenters. The topological polar surface area (TPSA) is 67.6 Å². The zero-order valence-corrected chi connectivity index (χ0v) is 11.4. The molecule has 4 nitrogen and oxygen atoms in total. The van der Waals surface area contributed by atoms with E-state index in [-0.39, 0.29) is 0 Å². The van der Waals surface area contributed by atoms with Gasteiger partial charge in [0.1, 0.15) is 17.5 Å². The Morgan fingerprint density at radius 1 is 1.25 bits per heavy atom. The van der Waals surface area contributed by atoms with Crippen molar-refractivity contribution in [2.45, 2.75) is 38.1 Å². The number of nitrogen functional groups attached to an aromatic ring is 1. The van der Waals surface area contributed by atoms with Crippen LogP contribution in [-0.4, -0.2) is 9.78 Å². The second-order valence-electron chi connectivity index (χ2n) is 5.38. The number of hydrogen-bond acceptors (Lipinski definition) is 3. The predicted molar refractivity (Wildman–Crippen MR) is 78.1 cm³/mol. The molecule has 1 heterocycles. The smallest absolute Gasteiger partial charge is 0.140 e. The van der Waals surface area contributed by atoms with Gasteiger partial charge in [-0.3, -0.25) is 0 Å². The van der Waals surface area contributed by atoms with Crippen molar-refractivity contribution in [1.29, 1.82) is 5.26 Å². The van der Waals surface area contributed by atoms with Crippen molar-refractivity contribution in [3.8, 4) is 6.07 Å². The second kappa shape index (κ2) is 5.38. The van der Waals surface area contributed by atoms with Crippen molar-refractivity contribution in [3.05, 3.63) is 47.2 Å². The molecule has 2 aromatic rings. The highest BCUT2D eigenvalue weighted by atomic mass is 15.3. The molecule has 2 N–H and O–H groups in total. The summed E-state index contributed by atoms with van der Waals surface area (Å²) in [5.41, 5.74) is 8.73. The normalized spacial score (nSPS) is 15.3. The van der Waals surface area contributed by atoms with E-state index in [1.807, 2.05) is 30.3 Å². The van der Waals surface area contributed by atoms with Crippen molar-refractivity contribution in [2.75, 3.05) is 5.73 Å². The highest BCUT2D eigenvalue weighted by Gasteiger charge is 2.25. The number of aromatic nitrogens is 2. The number of nitriles is 1. The van der Waals surface area contributed by atoms with E-state index in [1.165, 1.54) is 12.8 Å². The Bertz CT molecular complexity index is 630. The molecule has 1 aromatic heterocycles. The number of hydrogen-bond donors (Lipinski definition) is 1. The summed E-state index contributed by atoms with van der Waals surface area (Å²) < 4.78 is 1.77. The monoisotopic (exact) mass is 266 g/mol. The fourth-order valence-electron chi connectivity index (χ4n) is 2.97. The van der Waals surface area contributed by atoms with Crippen LogP contribution in [0.1, 0.15) is 48.4 Å². The fourth-order valence-corrected chi connectivity index (χ4v) is 2.97. The molecule has 1 saturated carbocycles. The summed E-state index contributed by atoms with van der Waals surface area (Å²) in [4.78, 5) is 0. The minimum atomic E-state index is 0.406. The van der Waals surface area contributed by atoms with Gasteiger partial charge in [-0.25, -0.2) is 4.68 Å². The lowest BCUT2D eigenvalue weighted by atomic mass is 10.0. The first-order valence-corrected chi connectivity index (χ1v) is 7.10. The van der Waals surface area contributed by atoms with Crippen molar-refractivity contribution in [3.63, 3.8) is 0 Å². The summed E-state index contributed by atoms with van der Waals surface area (Å²) in [6.45, 7) is 0.619. The lowest BCUT2D eigenvalue weighted by molar-refractivity contribution is 0.632. The molecule has 20 heavy (non-hydrogen) atoms. The minimum absolute atomic E-state index is 0.406. The van der Waals surface area contributed by atoms with E-state index in [2.05, 4.69) is 11.2 Å². The van der Waals surface area contributed by atoms with Gasteiger partial charge in [-0.15, -0.1) is 0 Å². The molecule has 1 aliphatic rings. The van der Waals surface area contributed by atoms with Gasteiger partial charge in [0, 0.05) is 5.92 Å². The molecule has 0 bridgehead atoms. The van der Waals surface area contributed by atoms with E-state index in [4.69, 9.17) is 5.73 Å². The molecule has 3 rings (SSSR count). The number of anilines is 1. The highest BCUT2D eigenvalue weighted by Crippen LogP contribution is 2.36. The average molecular weight is 266 g/mol. The Kier molecular flexibility index (Phi) is 3.42. The van der Waals surface area contributed by atoms with Gasteiger partial charge in [0.25, 0.3) is 0 Å². The van der Waals surface area contributed by atoms with Crippen LogP contribution in [0.5, 0.6) is 0 Å². The molecule has 1 aliphatic carbocycles. The summed E-state index contributed by atoms with van der Waals surface area (Å²) >= 11 is 0. The first kappa shape index (κ1) is 12.7. The first-order valence-electron chi connectivity index (χ1n) is 7.10. The number of benzene rings is 1. The van der Waals surface area contributed by atoms with Crippen LogP contribution in [0.15, 0.2) is 30.3 Å². The van der Waals surface area contributed by atoms with E-state index in [0.717, 1.165) is 24.1 Å². The lowest BCUT2D eigenvalue weighted by Crippen LogP contribution is -2.06. The largest absolute Gasteiger partial charge is 0.383 e. The van der Waals surface area contributed by atoms with E-state index < -0.39 is 0 Å². The highest BCUT2D eigenvalue weighted by molar-refractivity contribution is 5.53. The zero-order chi connectivity index (χ0) is 13.9. The Balaban J connectivity index is 1.94. The third-order valence-corrected chi connectivity index (χ3v) is 4.05. The van der Waals surface area contributed by atoms with Crippen molar-refractivity contribution in [2.24, 2.45) is 0 Å². The molecular weight excluding hydrogens is 248 g/mol. The fraction of sp³-hybridized carbons (Fsp3) is 0.375. The van der Waals surface area contributed by atoms with E-state index in [9.17, 15) is 5.26 Å². The van der Waals surface area contributed by atoms with E-state index >= 15 is 0 Å². The lowest BCUT2D eigenvalue weighted by Gasteiger charge is -2.05. The third-order valence-electron chi connectivity index (χ3n) is 4.05. The maximum absolute atomic E-state index is 9.36. The van der Waals surface area contributed by atoms with Crippen LogP contribution in [0.25, 0.3) is 0 Å². The van der Waals surface area contributed by atoms with Crippen LogP contribution < -0.4 is 5.73 Å². The summed E-state index contributed by atoms with van der Waals surface area (Å²) in [5, 5.41) is 14.0. The molecule has 0 aliphatic heterocycles. The second-order valence-corrected chi connectivity index (χ2v) is 5.38. The standard InChI is InChI=1S/C16H18N4/c17-10-14-15(13-8-4-5-9-13)19-20(16(14)18)11-12-6-2-1-3-7-12/h1-3,6-7,13H,4-5,8-9,11,18H2. The molecule has 0 atom stereocenters. The molecule has 1 aromatic carbocycles. The van der Waals surface area contributed by atoms with Gasteiger partial charge in [0.05, 0.1) is 12.2 Å². The van der Waals surface area contributed by atoms with Gasteiger partial charge in [-0.1, -0.05) is 43.2 Å². The Labute approximate surface area is 118 Å². The number of nitrogens with two attached hydrogens (primary N) is 1. The summed E-state index contributed by atoms with van der Waals surface area (Å²) in [6, 6.07) is 12.3. The molecular formula is C16H18N4. The first-order chi connectivity index (χ1) is 9.79. The van der Waals surface area contributed by atoms with Gasteiger partial charge in [0.2, 0.25) is 0 Å². The SMILES string of the molecule is N#Cc1c(C2CCCC2)nn(Cc2ccccc2)c1N. The van der Waals surface area contributed by atoms with Crippen LogP contribution >= 0.6 is 0 Å². The molecule has 0 amide bonds. The van der Waals surface area contributed by atoms with Crippen LogP contribution in [0.4, 0.5) is 5.82 Å². The Morgan fingerprint density at radius 3 is 2.60 bits per heavy atom. The molecule has 0 radical (unpaired) electrons. The van der Waals surface area contributed by atoms with Gasteiger partial charge in [-0.05, 0) is 18.4 Å². The van der Waals surface area contributed by atoms with Crippen LogP contribution in [0.3, 0.4) is 0 Å². The third kappa shape index (κ3) is 2.27. The average Bonchev–Trinajstić information content (AvgIpc) is 3.09. The van der Waals surface area contributed by atoms with Crippen LogP contribution in [-0.2, 0) is 6.54 Å². The molecule has 0 saturated heterocycles. The number of nitrogens with zero attached hydrogens (tertiary/aromatic N) is 3. The van der Waals surface area contributed by atoms with Gasteiger partial charge >= 0.3 is 0 Å². The maximum Gasteiger partial charge on any atom is 0.140 e. The Hall–Kier alpha value is -2.28. The van der Waals surface area contributed by atoms with Gasteiger partial charge < -0.3 is 5.73 Å². The number of rotatable bonds is 3. The van der Waals surface area contributed by atoms with Crippen molar-refractivity contribution >= 4 is 5.82 Å². The van der Waals surface area contributed by atoms with E-state index in [0.29, 0.717) is 23.8 Å². The molecule has 102 valence electrons. The zero-order valence-electron chi connectivity index (χ0n) is 11.4. The predicted octanol–water partition coefficient (Wildman–Crippen LogP) is 3.04. The van der Waals surface area contributed by atoms with Crippen molar-refractivity contribution in [1.82, 2.24) is 9.78 Å². The molecule has 0 spiro atoms. The van der Waals surface area contributed by atoms with E-state index in [1.54, 1.807) is 4.68 Å². The van der Waals surface area contributed by atoms with Gasteiger partial charge in [0.15, 0.2) is 0 Å². The Morgan fingerprint density at radius 2 is 1.95 bits per heavy atom. The van der Waals surface area contributed by atoms with Crippen LogP contribution in [0.2, 0.25) is 0 Å². The summed E-state index contributed by atoms with van der Waals surface area (Å²) in [5.74, 6) is 0.905. The molecule has 1 fully saturated rings. The molecule has 4 heteroatoms. The summed E-state index contributed by atoms with van der Waals surface area (Å²) in [6.07, 6.45) is 4.69. The quantitative estimate of drug-likeness (QED) is 0.928.